The Labute approximate surface area is 117 Å². The lowest BCUT2D eigenvalue weighted by atomic mass is 10.1. The molecule has 5 nitrogen and oxygen atoms in total. The van der Waals surface area contributed by atoms with Crippen LogP contribution in [0.25, 0.3) is 22.3 Å². The van der Waals surface area contributed by atoms with Crippen molar-refractivity contribution in [2.75, 3.05) is 6.61 Å². The van der Waals surface area contributed by atoms with Crippen LogP contribution in [0.2, 0.25) is 0 Å². The number of rotatable bonds is 4. The van der Waals surface area contributed by atoms with E-state index in [1.165, 1.54) is 10.9 Å². The molecule has 0 N–H and O–H groups in total. The molecular weight excluding hydrogens is 252 g/mol. The lowest BCUT2D eigenvalue weighted by Crippen LogP contribution is -1.96. The minimum absolute atomic E-state index is 0.453. The van der Waals surface area contributed by atoms with Crippen molar-refractivity contribution >= 4 is 10.9 Å². The number of nitrogens with zero attached hydrogens (tertiary/aromatic N) is 4. The van der Waals surface area contributed by atoms with E-state index in [9.17, 15) is 0 Å². The SMILES string of the molecule is CCOCc1nc(-c2cn(C)c3ccccc23)n(C)n1. The van der Waals surface area contributed by atoms with Gasteiger partial charge < -0.3 is 9.30 Å². The minimum Gasteiger partial charge on any atom is -0.374 e. The van der Waals surface area contributed by atoms with Crippen LogP contribution in [-0.2, 0) is 25.4 Å². The van der Waals surface area contributed by atoms with Gasteiger partial charge in [-0.15, -0.1) is 0 Å². The van der Waals surface area contributed by atoms with E-state index >= 15 is 0 Å². The number of aryl methyl sites for hydroxylation is 2. The second-order valence-corrected chi connectivity index (χ2v) is 4.78. The molecule has 0 aliphatic rings. The molecule has 5 heteroatoms. The highest BCUT2D eigenvalue weighted by molar-refractivity contribution is 5.94. The third kappa shape index (κ3) is 2.10. The monoisotopic (exact) mass is 270 g/mol. The number of hydrogen-bond acceptors (Lipinski definition) is 3. The molecule has 0 fully saturated rings. The summed E-state index contributed by atoms with van der Waals surface area (Å²) in [5.41, 5.74) is 2.29. The van der Waals surface area contributed by atoms with Crippen LogP contribution in [0.4, 0.5) is 0 Å². The zero-order chi connectivity index (χ0) is 14.1. The first kappa shape index (κ1) is 12.9. The van der Waals surface area contributed by atoms with Gasteiger partial charge in [0.15, 0.2) is 11.6 Å². The molecule has 0 aliphatic heterocycles. The summed E-state index contributed by atoms with van der Waals surface area (Å²) in [6, 6.07) is 8.31. The van der Waals surface area contributed by atoms with Gasteiger partial charge in [-0.3, -0.25) is 0 Å². The largest absolute Gasteiger partial charge is 0.374 e. The molecule has 0 bridgehead atoms. The molecule has 0 amide bonds. The normalized spacial score (nSPS) is 11.3. The molecule has 0 saturated heterocycles. The summed E-state index contributed by atoms with van der Waals surface area (Å²) in [5.74, 6) is 1.59. The van der Waals surface area contributed by atoms with E-state index in [4.69, 9.17) is 4.74 Å². The summed E-state index contributed by atoms with van der Waals surface area (Å²) in [6.45, 7) is 3.09. The van der Waals surface area contributed by atoms with Crippen molar-refractivity contribution in [2.24, 2.45) is 14.1 Å². The Bertz CT molecular complexity index is 741. The maximum atomic E-state index is 5.37. The lowest BCUT2D eigenvalue weighted by molar-refractivity contribution is 0.128. The number of para-hydroxylation sites is 1. The zero-order valence-corrected chi connectivity index (χ0v) is 12.0. The predicted octanol–water partition coefficient (Wildman–Crippen LogP) is 2.51. The maximum Gasteiger partial charge on any atom is 0.176 e. The minimum atomic E-state index is 0.453. The van der Waals surface area contributed by atoms with Crippen molar-refractivity contribution < 1.29 is 4.74 Å². The number of aromatic nitrogens is 4. The molecule has 0 unspecified atom stereocenters. The fraction of sp³-hybridized carbons (Fsp3) is 0.333. The van der Waals surface area contributed by atoms with Gasteiger partial charge in [-0.1, -0.05) is 18.2 Å². The van der Waals surface area contributed by atoms with Gasteiger partial charge in [0, 0.05) is 43.4 Å². The summed E-state index contributed by atoms with van der Waals surface area (Å²) in [6.07, 6.45) is 2.10. The van der Waals surface area contributed by atoms with Crippen molar-refractivity contribution in [3.05, 3.63) is 36.3 Å². The molecule has 0 spiro atoms. The number of hydrogen-bond donors (Lipinski definition) is 0. The summed E-state index contributed by atoms with van der Waals surface area (Å²) >= 11 is 0. The van der Waals surface area contributed by atoms with Gasteiger partial charge in [0.1, 0.15) is 6.61 Å². The standard InChI is InChI=1S/C15H18N4O/c1-4-20-10-14-16-15(19(3)17-14)12-9-18(2)13-8-6-5-7-11(12)13/h5-9H,4,10H2,1-3H3. The van der Waals surface area contributed by atoms with Crippen molar-refractivity contribution in [1.82, 2.24) is 19.3 Å². The molecule has 0 aliphatic carbocycles. The van der Waals surface area contributed by atoms with Crippen LogP contribution in [-0.4, -0.2) is 25.9 Å². The van der Waals surface area contributed by atoms with Gasteiger partial charge in [-0.05, 0) is 13.0 Å². The number of benzene rings is 1. The molecular formula is C15H18N4O. The van der Waals surface area contributed by atoms with Crippen molar-refractivity contribution in [2.45, 2.75) is 13.5 Å². The van der Waals surface area contributed by atoms with E-state index < -0.39 is 0 Å². The Morgan fingerprint density at radius 1 is 1.20 bits per heavy atom. The maximum absolute atomic E-state index is 5.37. The zero-order valence-electron chi connectivity index (χ0n) is 12.0. The van der Waals surface area contributed by atoms with E-state index in [1.807, 2.05) is 37.8 Å². The molecule has 2 aromatic heterocycles. The second kappa shape index (κ2) is 5.09. The Kier molecular flexibility index (Phi) is 3.28. The Morgan fingerprint density at radius 3 is 2.80 bits per heavy atom. The summed E-state index contributed by atoms with van der Waals surface area (Å²) in [5, 5.41) is 5.60. The Hall–Kier alpha value is -2.14. The molecule has 104 valence electrons. The quantitative estimate of drug-likeness (QED) is 0.731. The third-order valence-corrected chi connectivity index (χ3v) is 3.38. The van der Waals surface area contributed by atoms with Crippen LogP contribution >= 0.6 is 0 Å². The first-order chi connectivity index (χ1) is 9.70. The summed E-state index contributed by atoms with van der Waals surface area (Å²) in [4.78, 5) is 4.59. The van der Waals surface area contributed by atoms with Crippen molar-refractivity contribution in [3.8, 4) is 11.4 Å². The van der Waals surface area contributed by atoms with Gasteiger partial charge in [-0.2, -0.15) is 5.10 Å². The van der Waals surface area contributed by atoms with E-state index in [2.05, 4.69) is 33.0 Å². The average Bonchev–Trinajstić information content (AvgIpc) is 2.98. The fourth-order valence-electron chi connectivity index (χ4n) is 2.45. The van der Waals surface area contributed by atoms with Gasteiger partial charge in [0.25, 0.3) is 0 Å². The molecule has 2 heterocycles. The molecule has 0 radical (unpaired) electrons. The van der Waals surface area contributed by atoms with Crippen LogP contribution in [0.1, 0.15) is 12.7 Å². The predicted molar refractivity (Wildman–Crippen MR) is 78.2 cm³/mol. The van der Waals surface area contributed by atoms with Crippen molar-refractivity contribution in [3.63, 3.8) is 0 Å². The molecule has 0 saturated carbocycles. The molecule has 20 heavy (non-hydrogen) atoms. The summed E-state index contributed by atoms with van der Waals surface area (Å²) in [7, 11) is 3.96. The van der Waals surface area contributed by atoms with Crippen LogP contribution in [0.5, 0.6) is 0 Å². The van der Waals surface area contributed by atoms with Crippen LogP contribution in [0, 0.1) is 0 Å². The first-order valence-electron chi connectivity index (χ1n) is 6.72. The van der Waals surface area contributed by atoms with Crippen molar-refractivity contribution in [1.29, 1.82) is 0 Å². The Morgan fingerprint density at radius 2 is 2.00 bits per heavy atom. The highest BCUT2D eigenvalue weighted by atomic mass is 16.5. The fourth-order valence-corrected chi connectivity index (χ4v) is 2.45. The second-order valence-electron chi connectivity index (χ2n) is 4.78. The van der Waals surface area contributed by atoms with E-state index in [0.29, 0.717) is 13.2 Å². The average molecular weight is 270 g/mol. The smallest absolute Gasteiger partial charge is 0.176 e. The number of fused-ring (bicyclic) bond motifs is 1. The van der Waals surface area contributed by atoms with Gasteiger partial charge >= 0.3 is 0 Å². The van der Waals surface area contributed by atoms with E-state index in [-0.39, 0.29) is 0 Å². The lowest BCUT2D eigenvalue weighted by Gasteiger charge is -1.97. The van der Waals surface area contributed by atoms with E-state index in [1.54, 1.807) is 0 Å². The highest BCUT2D eigenvalue weighted by Gasteiger charge is 2.14. The van der Waals surface area contributed by atoms with Crippen LogP contribution in [0.3, 0.4) is 0 Å². The van der Waals surface area contributed by atoms with Crippen LogP contribution in [0.15, 0.2) is 30.5 Å². The highest BCUT2D eigenvalue weighted by Crippen LogP contribution is 2.28. The van der Waals surface area contributed by atoms with E-state index in [0.717, 1.165) is 17.2 Å². The molecule has 1 aromatic carbocycles. The van der Waals surface area contributed by atoms with Gasteiger partial charge in [0.2, 0.25) is 0 Å². The molecule has 3 aromatic rings. The van der Waals surface area contributed by atoms with Gasteiger partial charge in [-0.25, -0.2) is 9.67 Å². The third-order valence-electron chi connectivity index (χ3n) is 3.38. The first-order valence-corrected chi connectivity index (χ1v) is 6.72. The molecule has 3 rings (SSSR count). The Balaban J connectivity index is 2.09. The topological polar surface area (TPSA) is 44.9 Å². The van der Waals surface area contributed by atoms with Crippen LogP contribution < -0.4 is 0 Å². The number of ether oxygens (including phenoxy) is 1. The molecule has 0 atom stereocenters. The summed E-state index contributed by atoms with van der Waals surface area (Å²) < 4.78 is 9.30. The van der Waals surface area contributed by atoms with Gasteiger partial charge in [0.05, 0.1) is 0 Å².